The second kappa shape index (κ2) is 8.11. The molecule has 2 aromatic rings. The van der Waals surface area contributed by atoms with Gasteiger partial charge >= 0.3 is 6.09 Å². The number of rotatable bonds is 3. The molecule has 0 heterocycles. The van der Waals surface area contributed by atoms with E-state index in [1.54, 1.807) is 18.2 Å². The third-order valence-corrected chi connectivity index (χ3v) is 2.94. The van der Waals surface area contributed by atoms with E-state index in [9.17, 15) is 4.79 Å². The van der Waals surface area contributed by atoms with E-state index in [0.717, 1.165) is 5.56 Å². The van der Waals surface area contributed by atoms with Crippen molar-refractivity contribution in [2.24, 2.45) is 0 Å². The van der Waals surface area contributed by atoms with Gasteiger partial charge in [0.25, 0.3) is 0 Å². The summed E-state index contributed by atoms with van der Waals surface area (Å²) in [7, 11) is 0. The number of carbonyl (C=O) groups is 1. The molecule has 0 spiro atoms. The number of nitrogens with zero attached hydrogens (tertiary/aromatic N) is 1. The lowest BCUT2D eigenvalue weighted by Crippen LogP contribution is -2.24. The zero-order valence-electron chi connectivity index (χ0n) is 12.4. The number of nitrogens with one attached hydrogen (secondary N) is 1. The molecule has 0 atom stereocenters. The predicted octanol–water partition coefficient (Wildman–Crippen LogP) is 2.42. The number of benzene rings is 2. The number of amides is 1. The minimum Gasteiger partial charge on any atom is -0.445 e. The fourth-order valence-electron chi connectivity index (χ4n) is 1.78. The standard InChI is InChI=1S/C18H15N3O2/c19-12-16-9-8-14(11-17(16)20)7-4-10-21-18(22)23-13-15-5-2-1-3-6-15/h1-3,5-6,8-9,11H,10,13,20H2,(H,21,22). The van der Waals surface area contributed by atoms with E-state index < -0.39 is 6.09 Å². The number of ether oxygens (including phenoxy) is 1. The average Bonchev–Trinajstić information content (AvgIpc) is 2.58. The first-order valence-corrected chi connectivity index (χ1v) is 6.92. The lowest BCUT2D eigenvalue weighted by atomic mass is 10.1. The fourth-order valence-corrected chi connectivity index (χ4v) is 1.78. The van der Waals surface area contributed by atoms with Gasteiger partial charge in [-0.15, -0.1) is 0 Å². The van der Waals surface area contributed by atoms with Gasteiger partial charge in [0.05, 0.1) is 17.8 Å². The Morgan fingerprint density at radius 3 is 2.70 bits per heavy atom. The first-order valence-electron chi connectivity index (χ1n) is 6.92. The second-order valence-electron chi connectivity index (χ2n) is 4.63. The van der Waals surface area contributed by atoms with Gasteiger partial charge < -0.3 is 15.8 Å². The molecule has 0 fully saturated rings. The molecule has 0 radical (unpaired) electrons. The van der Waals surface area contributed by atoms with Crippen molar-refractivity contribution < 1.29 is 9.53 Å². The highest BCUT2D eigenvalue weighted by Crippen LogP contribution is 2.12. The SMILES string of the molecule is N#Cc1ccc(C#CCNC(=O)OCc2ccccc2)cc1N. The van der Waals surface area contributed by atoms with Gasteiger partial charge in [0.15, 0.2) is 0 Å². The lowest BCUT2D eigenvalue weighted by Gasteiger charge is -2.04. The maximum absolute atomic E-state index is 11.5. The molecule has 5 nitrogen and oxygen atoms in total. The zero-order chi connectivity index (χ0) is 16.5. The molecule has 0 aromatic heterocycles. The molecule has 0 aliphatic heterocycles. The van der Waals surface area contributed by atoms with Crippen LogP contribution in [0.5, 0.6) is 0 Å². The number of carbonyl (C=O) groups excluding carboxylic acids is 1. The fraction of sp³-hybridized carbons (Fsp3) is 0.111. The molecule has 0 bridgehead atoms. The van der Waals surface area contributed by atoms with Crippen molar-refractivity contribution in [2.45, 2.75) is 6.61 Å². The number of nitrogens with two attached hydrogens (primary N) is 1. The Morgan fingerprint density at radius 2 is 2.00 bits per heavy atom. The molecule has 1 amide bonds. The van der Waals surface area contributed by atoms with E-state index in [4.69, 9.17) is 15.7 Å². The molecule has 23 heavy (non-hydrogen) atoms. The predicted molar refractivity (Wildman–Crippen MR) is 87.1 cm³/mol. The van der Waals surface area contributed by atoms with Gasteiger partial charge in [0.2, 0.25) is 0 Å². The van der Waals surface area contributed by atoms with Gasteiger partial charge in [-0.05, 0) is 23.8 Å². The van der Waals surface area contributed by atoms with Crippen LogP contribution in [-0.4, -0.2) is 12.6 Å². The van der Waals surface area contributed by atoms with Crippen LogP contribution < -0.4 is 11.1 Å². The zero-order valence-corrected chi connectivity index (χ0v) is 12.4. The summed E-state index contributed by atoms with van der Waals surface area (Å²) < 4.78 is 5.06. The Hall–Kier alpha value is -3.44. The van der Waals surface area contributed by atoms with Crippen LogP contribution >= 0.6 is 0 Å². The topological polar surface area (TPSA) is 88.1 Å². The molecule has 0 saturated heterocycles. The highest BCUT2D eigenvalue weighted by atomic mass is 16.5. The first-order chi connectivity index (χ1) is 11.2. The largest absolute Gasteiger partial charge is 0.445 e. The summed E-state index contributed by atoms with van der Waals surface area (Å²) in [6, 6.07) is 16.3. The Bertz CT molecular complexity index is 783. The van der Waals surface area contributed by atoms with Gasteiger partial charge in [-0.3, -0.25) is 0 Å². The Labute approximate surface area is 134 Å². The van der Waals surface area contributed by atoms with Gasteiger partial charge in [0, 0.05) is 5.56 Å². The number of nitrogen functional groups attached to an aromatic ring is 1. The highest BCUT2D eigenvalue weighted by Gasteiger charge is 2.00. The van der Waals surface area contributed by atoms with Crippen LogP contribution in [0.25, 0.3) is 0 Å². The molecule has 0 saturated carbocycles. The minimum absolute atomic E-state index is 0.160. The third kappa shape index (κ3) is 5.11. The smallest absolute Gasteiger partial charge is 0.408 e. The van der Waals surface area contributed by atoms with Gasteiger partial charge in [-0.1, -0.05) is 42.2 Å². The Balaban J connectivity index is 1.78. The van der Waals surface area contributed by atoms with E-state index >= 15 is 0 Å². The molecule has 5 heteroatoms. The minimum atomic E-state index is -0.525. The Morgan fingerprint density at radius 1 is 1.22 bits per heavy atom. The third-order valence-electron chi connectivity index (χ3n) is 2.94. The van der Waals surface area contributed by atoms with Crippen LogP contribution in [0.3, 0.4) is 0 Å². The van der Waals surface area contributed by atoms with E-state index in [1.165, 1.54) is 0 Å². The van der Waals surface area contributed by atoms with E-state index in [2.05, 4.69) is 17.2 Å². The van der Waals surface area contributed by atoms with Crippen molar-refractivity contribution in [1.29, 1.82) is 5.26 Å². The van der Waals surface area contributed by atoms with Crippen molar-refractivity contribution in [3.8, 4) is 17.9 Å². The van der Waals surface area contributed by atoms with Crippen molar-refractivity contribution in [2.75, 3.05) is 12.3 Å². The molecule has 114 valence electrons. The molecular formula is C18H15N3O2. The monoisotopic (exact) mass is 305 g/mol. The first kappa shape index (κ1) is 15.9. The number of hydrogen-bond acceptors (Lipinski definition) is 4. The van der Waals surface area contributed by atoms with Gasteiger partial charge in [-0.2, -0.15) is 5.26 Å². The maximum atomic E-state index is 11.5. The maximum Gasteiger partial charge on any atom is 0.408 e. The van der Waals surface area contributed by atoms with Crippen LogP contribution in [0.2, 0.25) is 0 Å². The molecule has 2 rings (SSSR count). The van der Waals surface area contributed by atoms with Gasteiger partial charge in [-0.25, -0.2) is 4.79 Å². The van der Waals surface area contributed by atoms with Crippen molar-refractivity contribution >= 4 is 11.8 Å². The van der Waals surface area contributed by atoms with Crippen LogP contribution in [0.4, 0.5) is 10.5 Å². The number of alkyl carbamates (subject to hydrolysis) is 1. The number of nitriles is 1. The van der Waals surface area contributed by atoms with Crippen molar-refractivity contribution in [3.05, 3.63) is 65.2 Å². The molecule has 2 aromatic carbocycles. The molecule has 0 unspecified atom stereocenters. The summed E-state index contributed by atoms with van der Waals surface area (Å²) in [5.41, 5.74) is 8.10. The molecular weight excluding hydrogens is 290 g/mol. The van der Waals surface area contributed by atoms with Crippen molar-refractivity contribution in [3.63, 3.8) is 0 Å². The van der Waals surface area contributed by atoms with Crippen LogP contribution in [0.1, 0.15) is 16.7 Å². The molecule has 0 aliphatic rings. The summed E-state index contributed by atoms with van der Waals surface area (Å²) in [4.78, 5) is 11.5. The quantitative estimate of drug-likeness (QED) is 0.673. The summed E-state index contributed by atoms with van der Waals surface area (Å²) in [5.74, 6) is 5.65. The molecule has 3 N–H and O–H groups in total. The normalized spacial score (nSPS) is 9.17. The second-order valence-corrected chi connectivity index (χ2v) is 4.63. The number of hydrogen-bond donors (Lipinski definition) is 2. The van der Waals surface area contributed by atoms with Crippen molar-refractivity contribution in [1.82, 2.24) is 5.32 Å². The summed E-state index contributed by atoms with van der Waals surface area (Å²) in [6.45, 7) is 0.375. The van der Waals surface area contributed by atoms with Gasteiger partial charge in [0.1, 0.15) is 12.7 Å². The van der Waals surface area contributed by atoms with Crippen LogP contribution in [-0.2, 0) is 11.3 Å². The summed E-state index contributed by atoms with van der Waals surface area (Å²) in [6.07, 6.45) is -0.525. The van der Waals surface area contributed by atoms with E-state index in [-0.39, 0.29) is 13.2 Å². The Kier molecular flexibility index (Phi) is 5.62. The van der Waals surface area contributed by atoms with E-state index in [0.29, 0.717) is 16.8 Å². The summed E-state index contributed by atoms with van der Waals surface area (Å²) >= 11 is 0. The summed E-state index contributed by atoms with van der Waals surface area (Å²) in [5, 5.41) is 11.3. The number of anilines is 1. The average molecular weight is 305 g/mol. The highest BCUT2D eigenvalue weighted by molar-refractivity contribution is 5.67. The molecule has 0 aliphatic carbocycles. The van der Waals surface area contributed by atoms with Crippen LogP contribution in [0, 0.1) is 23.2 Å². The lowest BCUT2D eigenvalue weighted by molar-refractivity contribution is 0.141. The van der Waals surface area contributed by atoms with Crippen LogP contribution in [0.15, 0.2) is 48.5 Å². The van der Waals surface area contributed by atoms with E-state index in [1.807, 2.05) is 36.4 Å².